The molecular formula is C14H23N3O3S. The summed E-state index contributed by atoms with van der Waals surface area (Å²) >= 11 is 0. The number of amides is 1. The van der Waals surface area contributed by atoms with E-state index in [1.165, 1.54) is 7.05 Å². The molecule has 21 heavy (non-hydrogen) atoms. The summed E-state index contributed by atoms with van der Waals surface area (Å²) in [4.78, 5) is 11.9. The molecule has 0 aliphatic carbocycles. The lowest BCUT2D eigenvalue weighted by atomic mass is 9.93. The van der Waals surface area contributed by atoms with Crippen LogP contribution >= 0.6 is 0 Å². The lowest BCUT2D eigenvalue weighted by Crippen LogP contribution is -2.43. The predicted octanol–water partition coefficient (Wildman–Crippen LogP) is 0.936. The van der Waals surface area contributed by atoms with Crippen molar-refractivity contribution < 1.29 is 13.2 Å². The van der Waals surface area contributed by atoms with Crippen LogP contribution in [0.2, 0.25) is 0 Å². The first-order valence-corrected chi connectivity index (χ1v) is 8.08. The Morgan fingerprint density at radius 1 is 1.24 bits per heavy atom. The fraction of sp³-hybridized carbons (Fsp3) is 0.500. The van der Waals surface area contributed by atoms with Gasteiger partial charge in [-0.15, -0.1) is 0 Å². The second-order valence-electron chi connectivity index (χ2n) is 5.77. The third-order valence-electron chi connectivity index (χ3n) is 3.30. The van der Waals surface area contributed by atoms with Gasteiger partial charge in [0.05, 0.1) is 10.3 Å². The van der Waals surface area contributed by atoms with Crippen molar-refractivity contribution in [3.8, 4) is 0 Å². The molecule has 4 N–H and O–H groups in total. The summed E-state index contributed by atoms with van der Waals surface area (Å²) in [7, 11) is -2.18. The zero-order valence-electron chi connectivity index (χ0n) is 13.1. The molecule has 0 unspecified atom stereocenters. The van der Waals surface area contributed by atoms with Crippen LogP contribution in [0.4, 0.5) is 5.69 Å². The highest BCUT2D eigenvalue weighted by molar-refractivity contribution is 7.89. The van der Waals surface area contributed by atoms with E-state index in [0.29, 0.717) is 16.8 Å². The quantitative estimate of drug-likeness (QED) is 0.704. The van der Waals surface area contributed by atoms with Crippen LogP contribution in [0.25, 0.3) is 0 Å². The molecule has 0 aromatic heterocycles. The van der Waals surface area contributed by atoms with Gasteiger partial charge < -0.3 is 11.1 Å². The second kappa shape index (κ2) is 6.03. The Hall–Kier alpha value is -1.60. The number of aryl methyl sites for hydroxylation is 2. The van der Waals surface area contributed by atoms with Crippen LogP contribution in [-0.2, 0) is 14.8 Å². The van der Waals surface area contributed by atoms with Gasteiger partial charge >= 0.3 is 0 Å². The van der Waals surface area contributed by atoms with E-state index in [9.17, 15) is 13.2 Å². The Kier molecular flexibility index (Phi) is 5.01. The van der Waals surface area contributed by atoms with Crippen LogP contribution in [0.15, 0.2) is 17.0 Å². The summed E-state index contributed by atoms with van der Waals surface area (Å²) in [6, 6.07) is 3.23. The Labute approximate surface area is 126 Å². The van der Waals surface area contributed by atoms with Crippen LogP contribution in [0.3, 0.4) is 0 Å². The number of hydrogen-bond acceptors (Lipinski definition) is 4. The molecule has 0 bridgehead atoms. The van der Waals surface area contributed by atoms with Gasteiger partial charge in [-0.3, -0.25) is 4.79 Å². The maximum absolute atomic E-state index is 12.5. The molecule has 1 amide bonds. The fourth-order valence-electron chi connectivity index (χ4n) is 2.17. The van der Waals surface area contributed by atoms with Crippen LogP contribution in [0.1, 0.15) is 25.0 Å². The van der Waals surface area contributed by atoms with Gasteiger partial charge in [-0.1, -0.05) is 0 Å². The molecule has 0 radical (unpaired) electrons. The first kappa shape index (κ1) is 17.5. The Balaban J connectivity index is 3.07. The Morgan fingerprint density at radius 3 is 2.14 bits per heavy atom. The van der Waals surface area contributed by atoms with E-state index in [2.05, 4.69) is 10.0 Å². The third-order valence-corrected chi connectivity index (χ3v) is 5.00. The number of nitrogen functional groups attached to an aromatic ring is 1. The van der Waals surface area contributed by atoms with E-state index in [1.54, 1.807) is 39.8 Å². The first-order chi connectivity index (χ1) is 9.51. The third kappa shape index (κ3) is 3.95. The number of benzene rings is 1. The standard InChI is InChI=1S/C14H23N3O3S/c1-9-6-11(15)7-10(2)12(9)21(19,20)17-8-14(3,4)13(18)16-5/h6-7,17H,8,15H2,1-5H3,(H,16,18). The molecule has 1 aromatic carbocycles. The zero-order valence-corrected chi connectivity index (χ0v) is 13.9. The zero-order chi connectivity index (χ0) is 16.4. The molecular weight excluding hydrogens is 290 g/mol. The van der Waals surface area contributed by atoms with Crippen molar-refractivity contribution in [2.24, 2.45) is 5.41 Å². The van der Waals surface area contributed by atoms with E-state index < -0.39 is 15.4 Å². The maximum atomic E-state index is 12.5. The molecule has 0 aliphatic heterocycles. The van der Waals surface area contributed by atoms with Gasteiger partial charge in [-0.25, -0.2) is 13.1 Å². The highest BCUT2D eigenvalue weighted by Crippen LogP contribution is 2.23. The summed E-state index contributed by atoms with van der Waals surface area (Å²) in [5, 5.41) is 2.52. The molecule has 0 spiro atoms. The average Bonchev–Trinajstić information content (AvgIpc) is 2.34. The minimum atomic E-state index is -3.70. The van der Waals surface area contributed by atoms with E-state index in [1.807, 2.05) is 0 Å². The monoisotopic (exact) mass is 313 g/mol. The molecule has 0 fully saturated rings. The second-order valence-corrected chi connectivity index (χ2v) is 7.48. The largest absolute Gasteiger partial charge is 0.399 e. The number of carbonyl (C=O) groups excluding carboxylic acids is 1. The predicted molar refractivity (Wildman–Crippen MR) is 83.4 cm³/mol. The molecule has 6 nitrogen and oxygen atoms in total. The molecule has 1 aromatic rings. The van der Waals surface area contributed by atoms with Gasteiger partial charge in [0.2, 0.25) is 15.9 Å². The van der Waals surface area contributed by atoms with Crippen LogP contribution < -0.4 is 15.8 Å². The number of nitrogens with two attached hydrogens (primary N) is 1. The number of nitrogens with one attached hydrogen (secondary N) is 2. The maximum Gasteiger partial charge on any atom is 0.241 e. The normalized spacial score (nSPS) is 12.2. The summed E-state index contributed by atoms with van der Waals surface area (Å²) < 4.78 is 27.4. The van der Waals surface area contributed by atoms with Crippen molar-refractivity contribution in [2.45, 2.75) is 32.6 Å². The first-order valence-electron chi connectivity index (χ1n) is 6.60. The molecule has 0 heterocycles. The summed E-state index contributed by atoms with van der Waals surface area (Å²) in [5.41, 5.74) is 6.55. The number of rotatable bonds is 5. The van der Waals surface area contributed by atoms with E-state index in [4.69, 9.17) is 5.73 Å². The number of sulfonamides is 1. The highest BCUT2D eigenvalue weighted by atomic mass is 32.2. The molecule has 0 aliphatic rings. The van der Waals surface area contributed by atoms with E-state index in [-0.39, 0.29) is 17.3 Å². The highest BCUT2D eigenvalue weighted by Gasteiger charge is 2.29. The number of carbonyl (C=O) groups is 1. The summed E-state index contributed by atoms with van der Waals surface area (Å²) in [6.07, 6.45) is 0. The van der Waals surface area contributed by atoms with E-state index in [0.717, 1.165) is 0 Å². The van der Waals surface area contributed by atoms with Gasteiger partial charge in [0.25, 0.3) is 0 Å². The minimum Gasteiger partial charge on any atom is -0.399 e. The van der Waals surface area contributed by atoms with E-state index >= 15 is 0 Å². The van der Waals surface area contributed by atoms with Crippen molar-refractivity contribution in [1.82, 2.24) is 10.0 Å². The van der Waals surface area contributed by atoms with Crippen molar-refractivity contribution in [3.05, 3.63) is 23.3 Å². The molecule has 7 heteroatoms. The smallest absolute Gasteiger partial charge is 0.241 e. The topological polar surface area (TPSA) is 101 Å². The Morgan fingerprint density at radius 2 is 1.71 bits per heavy atom. The van der Waals surface area contributed by atoms with Crippen LogP contribution in [0, 0.1) is 19.3 Å². The number of hydrogen-bond donors (Lipinski definition) is 3. The van der Waals surface area contributed by atoms with Crippen molar-refractivity contribution >= 4 is 21.6 Å². The lowest BCUT2D eigenvalue weighted by Gasteiger charge is -2.23. The van der Waals surface area contributed by atoms with Crippen molar-refractivity contribution in [2.75, 3.05) is 19.3 Å². The Bertz CT molecular complexity index is 628. The van der Waals surface area contributed by atoms with Gasteiger partial charge in [-0.05, 0) is 51.0 Å². The lowest BCUT2D eigenvalue weighted by molar-refractivity contribution is -0.128. The number of anilines is 1. The molecule has 118 valence electrons. The van der Waals surface area contributed by atoms with Gasteiger partial charge in [0.1, 0.15) is 0 Å². The van der Waals surface area contributed by atoms with Crippen LogP contribution in [-0.4, -0.2) is 27.9 Å². The molecule has 0 atom stereocenters. The molecule has 1 rings (SSSR count). The molecule has 0 saturated heterocycles. The van der Waals surface area contributed by atoms with Crippen molar-refractivity contribution in [1.29, 1.82) is 0 Å². The molecule has 0 saturated carbocycles. The SMILES string of the molecule is CNC(=O)C(C)(C)CNS(=O)(=O)c1c(C)cc(N)cc1C. The fourth-order valence-corrected chi connectivity index (χ4v) is 3.83. The summed E-state index contributed by atoms with van der Waals surface area (Å²) in [5.74, 6) is -0.226. The van der Waals surface area contributed by atoms with Crippen molar-refractivity contribution in [3.63, 3.8) is 0 Å². The minimum absolute atomic E-state index is 0.0122. The summed E-state index contributed by atoms with van der Waals surface area (Å²) in [6.45, 7) is 6.76. The average molecular weight is 313 g/mol. The van der Waals surface area contributed by atoms with Gasteiger partial charge in [0.15, 0.2) is 0 Å². The van der Waals surface area contributed by atoms with Gasteiger partial charge in [0, 0.05) is 19.3 Å². The van der Waals surface area contributed by atoms with Gasteiger partial charge in [-0.2, -0.15) is 0 Å². The van der Waals surface area contributed by atoms with Crippen LogP contribution in [0.5, 0.6) is 0 Å².